The van der Waals surface area contributed by atoms with Crippen LogP contribution in [0.5, 0.6) is 11.5 Å². The van der Waals surface area contributed by atoms with E-state index in [0.29, 0.717) is 32.6 Å². The summed E-state index contributed by atoms with van der Waals surface area (Å²) in [6.07, 6.45) is -0.329. The Morgan fingerprint density at radius 2 is 1.97 bits per heavy atom. The minimum atomic E-state index is -1.21. The van der Waals surface area contributed by atoms with Gasteiger partial charge in [0, 0.05) is 32.0 Å². The molecule has 3 unspecified atom stereocenters. The number of hydrogen-bond donors (Lipinski definition) is 4. The molecule has 0 fully saturated rings. The molecule has 0 aliphatic heterocycles. The zero-order valence-corrected chi connectivity index (χ0v) is 23.4. The Bertz CT molecular complexity index is 1180. The number of nitrogens with zero attached hydrogens (tertiary/aromatic N) is 1. The van der Waals surface area contributed by atoms with Gasteiger partial charge in [-0.15, -0.1) is 0 Å². The van der Waals surface area contributed by atoms with Gasteiger partial charge in [0.15, 0.2) is 11.5 Å². The molecule has 0 saturated carbocycles. The summed E-state index contributed by atoms with van der Waals surface area (Å²) in [6.45, 7) is 1.15. The van der Waals surface area contributed by atoms with Crippen molar-refractivity contribution in [3.8, 4) is 11.5 Å². The average molecular weight is 642 g/mol. The number of benzene rings is 2. The highest BCUT2D eigenvalue weighted by molar-refractivity contribution is 14.1. The third-order valence-corrected chi connectivity index (χ3v) is 7.08. The van der Waals surface area contributed by atoms with E-state index in [1.807, 2.05) is 22.6 Å². The minimum Gasteiger partial charge on any atom is -0.493 e. The molecule has 0 spiro atoms. The van der Waals surface area contributed by atoms with Crippen LogP contribution in [0.3, 0.4) is 0 Å². The Labute approximate surface area is 234 Å². The number of aliphatic hydroxyl groups is 3. The molecule has 2 aromatic carbocycles. The fourth-order valence-electron chi connectivity index (χ4n) is 4.39. The van der Waals surface area contributed by atoms with E-state index < -0.39 is 24.2 Å². The smallest absolute Gasteiger partial charge is 0.247 e. The minimum absolute atomic E-state index is 0.0409. The molecular formula is C27H32FIN2O7. The average Bonchev–Trinajstić information content (AvgIpc) is 2.89. The number of carbonyl (C=O) groups is 2. The van der Waals surface area contributed by atoms with Crippen molar-refractivity contribution in [2.24, 2.45) is 0 Å². The Balaban J connectivity index is 1.94. The van der Waals surface area contributed by atoms with Gasteiger partial charge in [0.25, 0.3) is 0 Å². The molecule has 3 atom stereocenters. The molecule has 0 radical (unpaired) electrons. The predicted molar refractivity (Wildman–Crippen MR) is 146 cm³/mol. The number of hydrogen-bond acceptors (Lipinski definition) is 7. The standard InChI is InChI=1S/C27H32FIN2O7/c1-16(34)31(8-6-17-4-3-5-20(28)10-17)22-13-19(27(36)30-7-9-32)14-23(25(22)35)38-26-21(29)11-18(15-33)12-24(26)37-2/h3-5,10-12,14,22-23,25,32-33,35H,6-9,13,15H2,1-2H3,(H,30,36). The number of nitrogens with one attached hydrogen (secondary N) is 1. The summed E-state index contributed by atoms with van der Waals surface area (Å²) in [6, 6.07) is 8.58. The highest BCUT2D eigenvalue weighted by atomic mass is 127. The number of carbonyl (C=O) groups excluding carboxylic acids is 2. The van der Waals surface area contributed by atoms with Gasteiger partial charge in [-0.3, -0.25) is 9.59 Å². The Kier molecular flexibility index (Phi) is 10.9. The molecule has 38 heavy (non-hydrogen) atoms. The SMILES string of the molecule is COc1cc(CO)cc(I)c1OC1C=C(C(=O)NCCO)CC(N(CCc2cccc(F)c2)C(C)=O)C1O. The van der Waals surface area contributed by atoms with Crippen molar-refractivity contribution in [1.29, 1.82) is 0 Å². The molecule has 9 nitrogen and oxygen atoms in total. The first-order chi connectivity index (χ1) is 18.2. The van der Waals surface area contributed by atoms with Crippen LogP contribution in [0.2, 0.25) is 0 Å². The van der Waals surface area contributed by atoms with Gasteiger partial charge in [-0.25, -0.2) is 4.39 Å². The van der Waals surface area contributed by atoms with E-state index in [4.69, 9.17) is 14.6 Å². The van der Waals surface area contributed by atoms with Gasteiger partial charge in [0.1, 0.15) is 18.0 Å². The normalized spacial score (nSPS) is 18.9. The van der Waals surface area contributed by atoms with Gasteiger partial charge < -0.3 is 35.0 Å². The number of ether oxygens (including phenoxy) is 2. The van der Waals surface area contributed by atoms with Gasteiger partial charge in [0.05, 0.1) is 29.9 Å². The van der Waals surface area contributed by atoms with E-state index in [2.05, 4.69) is 5.32 Å². The number of rotatable bonds is 11. The van der Waals surface area contributed by atoms with E-state index in [-0.39, 0.29) is 50.0 Å². The van der Waals surface area contributed by atoms with Crippen LogP contribution < -0.4 is 14.8 Å². The molecule has 0 saturated heterocycles. The molecular weight excluding hydrogens is 610 g/mol. The first kappa shape index (κ1) is 29.8. The summed E-state index contributed by atoms with van der Waals surface area (Å²) >= 11 is 2.03. The van der Waals surface area contributed by atoms with E-state index in [1.165, 1.54) is 37.1 Å². The summed E-state index contributed by atoms with van der Waals surface area (Å²) < 4.78 is 25.9. The second-order valence-electron chi connectivity index (χ2n) is 8.88. The summed E-state index contributed by atoms with van der Waals surface area (Å²) in [5, 5.41) is 32.7. The van der Waals surface area contributed by atoms with Gasteiger partial charge in [-0.1, -0.05) is 12.1 Å². The van der Waals surface area contributed by atoms with Crippen molar-refractivity contribution in [3.63, 3.8) is 0 Å². The van der Waals surface area contributed by atoms with Gasteiger partial charge in [-0.2, -0.15) is 0 Å². The topological polar surface area (TPSA) is 129 Å². The maximum atomic E-state index is 13.7. The number of aliphatic hydroxyl groups excluding tert-OH is 3. The molecule has 1 aliphatic carbocycles. The van der Waals surface area contributed by atoms with Crippen LogP contribution in [0.25, 0.3) is 0 Å². The summed E-state index contributed by atoms with van der Waals surface area (Å²) in [5.41, 5.74) is 1.59. The van der Waals surface area contributed by atoms with Crippen LogP contribution in [-0.2, 0) is 22.6 Å². The maximum Gasteiger partial charge on any atom is 0.247 e. The molecule has 2 aromatic rings. The number of amides is 2. The highest BCUT2D eigenvalue weighted by Crippen LogP contribution is 2.37. The third-order valence-electron chi connectivity index (χ3n) is 6.28. The lowest BCUT2D eigenvalue weighted by Crippen LogP contribution is -2.55. The lowest BCUT2D eigenvalue weighted by Gasteiger charge is -2.40. The lowest BCUT2D eigenvalue weighted by molar-refractivity contribution is -0.136. The van der Waals surface area contributed by atoms with Crippen molar-refractivity contribution in [1.82, 2.24) is 10.2 Å². The lowest BCUT2D eigenvalue weighted by atomic mass is 9.88. The van der Waals surface area contributed by atoms with Gasteiger partial charge in [0.2, 0.25) is 11.8 Å². The molecule has 0 heterocycles. The van der Waals surface area contributed by atoms with E-state index in [9.17, 15) is 24.2 Å². The van der Waals surface area contributed by atoms with Crippen LogP contribution >= 0.6 is 22.6 Å². The van der Waals surface area contributed by atoms with Crippen molar-refractivity contribution >= 4 is 34.4 Å². The number of methoxy groups -OCH3 is 1. The van der Waals surface area contributed by atoms with Crippen LogP contribution in [0, 0.1) is 9.39 Å². The first-order valence-corrected chi connectivity index (χ1v) is 13.2. The molecule has 1 aliphatic rings. The van der Waals surface area contributed by atoms with Crippen molar-refractivity contribution in [2.75, 3.05) is 26.8 Å². The third kappa shape index (κ3) is 7.43. The molecule has 2 amide bonds. The van der Waals surface area contributed by atoms with Crippen molar-refractivity contribution < 1.29 is 38.8 Å². The second kappa shape index (κ2) is 13.9. The quantitative estimate of drug-likeness (QED) is 0.276. The summed E-state index contributed by atoms with van der Waals surface area (Å²) in [4.78, 5) is 27.0. The molecule has 0 bridgehead atoms. The molecule has 0 aromatic heterocycles. The zero-order chi connectivity index (χ0) is 27.8. The monoisotopic (exact) mass is 642 g/mol. The van der Waals surface area contributed by atoms with E-state index >= 15 is 0 Å². The molecule has 206 valence electrons. The summed E-state index contributed by atoms with van der Waals surface area (Å²) in [5.74, 6) is -0.499. The van der Waals surface area contributed by atoms with Gasteiger partial charge in [-0.05, 0) is 70.5 Å². The Hall–Kier alpha value is -2.74. The fourth-order valence-corrected chi connectivity index (χ4v) is 5.19. The van der Waals surface area contributed by atoms with Crippen LogP contribution in [-0.4, -0.2) is 77.1 Å². The maximum absolute atomic E-state index is 13.7. The highest BCUT2D eigenvalue weighted by Gasteiger charge is 2.40. The van der Waals surface area contributed by atoms with Crippen LogP contribution in [0.1, 0.15) is 24.5 Å². The Morgan fingerprint density at radius 3 is 2.61 bits per heavy atom. The second-order valence-corrected chi connectivity index (χ2v) is 10.0. The molecule has 11 heteroatoms. The number of halogens is 2. The molecule has 3 rings (SSSR count). The van der Waals surface area contributed by atoms with Gasteiger partial charge >= 0.3 is 0 Å². The van der Waals surface area contributed by atoms with Crippen LogP contribution in [0.4, 0.5) is 4.39 Å². The van der Waals surface area contributed by atoms with Crippen molar-refractivity contribution in [3.05, 3.63) is 68.6 Å². The zero-order valence-electron chi connectivity index (χ0n) is 21.2. The van der Waals surface area contributed by atoms with E-state index in [0.717, 1.165) is 0 Å². The first-order valence-electron chi connectivity index (χ1n) is 12.1. The predicted octanol–water partition coefficient (Wildman–Crippen LogP) is 1.94. The van der Waals surface area contributed by atoms with Crippen LogP contribution in [0.15, 0.2) is 48.0 Å². The summed E-state index contributed by atoms with van der Waals surface area (Å²) in [7, 11) is 1.45. The van der Waals surface area contributed by atoms with E-state index in [1.54, 1.807) is 24.3 Å². The molecule has 4 N–H and O–H groups in total. The fraction of sp³-hybridized carbons (Fsp3) is 0.407. The van der Waals surface area contributed by atoms with Crippen molar-refractivity contribution in [2.45, 2.75) is 44.6 Å². The Morgan fingerprint density at radius 1 is 1.21 bits per heavy atom. The largest absolute Gasteiger partial charge is 0.493 e.